The van der Waals surface area contributed by atoms with Gasteiger partial charge in [-0.3, -0.25) is 4.57 Å². The van der Waals surface area contributed by atoms with Gasteiger partial charge in [0, 0.05) is 12.0 Å². The Morgan fingerprint density at radius 1 is 0.914 bits per heavy atom. The molecule has 0 aliphatic heterocycles. The third kappa shape index (κ3) is 4.55. The average Bonchev–Trinajstić information content (AvgIpc) is 3.53. The molecule has 0 bridgehead atoms. The van der Waals surface area contributed by atoms with Crippen LogP contribution in [0.25, 0.3) is 28.2 Å². The first-order valence-electron chi connectivity index (χ1n) is 11.8. The van der Waals surface area contributed by atoms with E-state index in [-0.39, 0.29) is 5.69 Å². The number of aryl methyl sites for hydroxylation is 2. The number of para-hydroxylation sites is 1. The van der Waals surface area contributed by atoms with Gasteiger partial charge in [0.2, 0.25) is 5.82 Å². The molecule has 0 fully saturated rings. The molecule has 0 atom stereocenters. The van der Waals surface area contributed by atoms with Crippen LogP contribution in [0.2, 0.25) is 0 Å². The minimum Gasteiger partial charge on any atom is -0.274 e. The van der Waals surface area contributed by atoms with Gasteiger partial charge in [0.25, 0.3) is 0 Å². The number of nitrogens with zero attached hydrogens (tertiary/aromatic N) is 6. The lowest BCUT2D eigenvalue weighted by Gasteiger charge is -2.09. The number of aromatic nitrogens is 7. The zero-order valence-corrected chi connectivity index (χ0v) is 19.8. The standard InChI is InChI=1S/C27H27N7O/c1-3-4-13-25-30-34(24-12-8-5-9-19(24)2)27(35)33(25)18-20-14-16-21(17-15-20)22-10-6-7-11-23(22)26-28-31-32-29-26/h5-12,14-17H,3-4,13,18H2,1-2H3,(H,28,29,31,32). The van der Waals surface area contributed by atoms with Gasteiger partial charge in [-0.25, -0.2) is 4.79 Å². The highest BCUT2D eigenvalue weighted by Crippen LogP contribution is 2.29. The third-order valence-electron chi connectivity index (χ3n) is 6.16. The molecule has 35 heavy (non-hydrogen) atoms. The summed E-state index contributed by atoms with van der Waals surface area (Å²) >= 11 is 0. The zero-order valence-electron chi connectivity index (χ0n) is 19.8. The van der Waals surface area contributed by atoms with E-state index >= 15 is 0 Å². The molecule has 0 unspecified atom stereocenters. The van der Waals surface area contributed by atoms with Crippen LogP contribution in [-0.2, 0) is 13.0 Å². The smallest absolute Gasteiger partial charge is 0.274 e. The maximum absolute atomic E-state index is 13.4. The summed E-state index contributed by atoms with van der Waals surface area (Å²) in [6, 6.07) is 24.1. The fourth-order valence-corrected chi connectivity index (χ4v) is 4.25. The van der Waals surface area contributed by atoms with Gasteiger partial charge < -0.3 is 0 Å². The lowest BCUT2D eigenvalue weighted by molar-refractivity contribution is 0.666. The largest absolute Gasteiger partial charge is 0.351 e. The van der Waals surface area contributed by atoms with E-state index in [0.29, 0.717) is 12.4 Å². The number of nitrogens with one attached hydrogen (secondary N) is 1. The molecule has 0 saturated carbocycles. The van der Waals surface area contributed by atoms with Crippen molar-refractivity contribution in [2.75, 3.05) is 0 Å². The summed E-state index contributed by atoms with van der Waals surface area (Å²) < 4.78 is 3.33. The number of unbranched alkanes of at least 4 members (excludes halogenated alkanes) is 1. The minimum absolute atomic E-state index is 0.114. The summed E-state index contributed by atoms with van der Waals surface area (Å²) in [6.45, 7) is 4.61. The van der Waals surface area contributed by atoms with Crippen molar-refractivity contribution in [3.8, 4) is 28.2 Å². The molecule has 0 aliphatic rings. The molecule has 5 rings (SSSR count). The predicted octanol–water partition coefficient (Wildman–Crippen LogP) is 4.58. The maximum atomic E-state index is 13.4. The van der Waals surface area contributed by atoms with Gasteiger partial charge >= 0.3 is 5.69 Å². The number of rotatable bonds is 8. The molecule has 176 valence electrons. The van der Waals surface area contributed by atoms with Crippen molar-refractivity contribution < 1.29 is 0 Å². The zero-order chi connectivity index (χ0) is 24.2. The SMILES string of the molecule is CCCCc1nn(-c2ccccc2C)c(=O)n1Cc1ccc(-c2ccccc2-c2nn[nH]n2)cc1. The summed E-state index contributed by atoms with van der Waals surface area (Å²) in [7, 11) is 0. The van der Waals surface area contributed by atoms with E-state index in [1.807, 2.05) is 55.5 Å². The molecule has 0 spiro atoms. The van der Waals surface area contributed by atoms with Gasteiger partial charge in [0.05, 0.1) is 12.2 Å². The van der Waals surface area contributed by atoms with Crippen LogP contribution < -0.4 is 5.69 Å². The Bertz CT molecular complexity index is 1480. The van der Waals surface area contributed by atoms with Crippen LogP contribution in [0.15, 0.2) is 77.6 Å². The Labute approximate surface area is 203 Å². The van der Waals surface area contributed by atoms with Gasteiger partial charge in [-0.05, 0) is 46.9 Å². The van der Waals surface area contributed by atoms with Crippen LogP contribution in [0.1, 0.15) is 36.7 Å². The molecule has 8 heteroatoms. The van der Waals surface area contributed by atoms with E-state index in [1.54, 1.807) is 4.57 Å². The summed E-state index contributed by atoms with van der Waals surface area (Å²) in [5.74, 6) is 1.37. The quantitative estimate of drug-likeness (QED) is 0.362. The van der Waals surface area contributed by atoms with E-state index in [9.17, 15) is 4.79 Å². The number of hydrogen-bond acceptors (Lipinski definition) is 5. The predicted molar refractivity (Wildman–Crippen MR) is 135 cm³/mol. The third-order valence-corrected chi connectivity index (χ3v) is 6.16. The van der Waals surface area contributed by atoms with Crippen LogP contribution in [0.3, 0.4) is 0 Å². The number of aromatic amines is 1. The maximum Gasteiger partial charge on any atom is 0.351 e. The Balaban J connectivity index is 1.47. The van der Waals surface area contributed by atoms with E-state index in [4.69, 9.17) is 5.10 Å². The first kappa shape index (κ1) is 22.5. The van der Waals surface area contributed by atoms with Gasteiger partial charge in [-0.15, -0.1) is 15.3 Å². The Morgan fingerprint density at radius 2 is 1.66 bits per heavy atom. The Morgan fingerprint density at radius 3 is 2.37 bits per heavy atom. The molecular formula is C27H27N7O. The number of benzene rings is 3. The molecule has 1 N–H and O–H groups in total. The van der Waals surface area contributed by atoms with Gasteiger partial charge in [-0.1, -0.05) is 80.1 Å². The fourth-order valence-electron chi connectivity index (χ4n) is 4.25. The number of tetrazole rings is 1. The first-order chi connectivity index (χ1) is 17.2. The van der Waals surface area contributed by atoms with Gasteiger partial charge in [0.15, 0.2) is 0 Å². The van der Waals surface area contributed by atoms with Crippen molar-refractivity contribution in [2.24, 2.45) is 0 Å². The van der Waals surface area contributed by atoms with Crippen molar-refractivity contribution in [3.63, 3.8) is 0 Å². The molecule has 2 aromatic heterocycles. The van der Waals surface area contributed by atoms with E-state index in [2.05, 4.69) is 51.8 Å². The van der Waals surface area contributed by atoms with Crippen molar-refractivity contribution in [3.05, 3.63) is 100 Å². The fraction of sp³-hybridized carbons (Fsp3) is 0.222. The Hall–Kier alpha value is -4.33. The van der Waals surface area contributed by atoms with Crippen LogP contribution in [0.5, 0.6) is 0 Å². The van der Waals surface area contributed by atoms with Gasteiger partial charge in [0.1, 0.15) is 5.82 Å². The van der Waals surface area contributed by atoms with Crippen LogP contribution in [0.4, 0.5) is 0 Å². The summed E-state index contributed by atoms with van der Waals surface area (Å²) in [5.41, 5.74) is 5.74. The lowest BCUT2D eigenvalue weighted by Crippen LogP contribution is -2.25. The van der Waals surface area contributed by atoms with Crippen LogP contribution in [0, 0.1) is 6.92 Å². The second kappa shape index (κ2) is 9.89. The summed E-state index contributed by atoms with van der Waals surface area (Å²) in [6.07, 6.45) is 2.79. The summed E-state index contributed by atoms with van der Waals surface area (Å²) in [4.78, 5) is 13.4. The normalized spacial score (nSPS) is 11.1. The first-order valence-corrected chi connectivity index (χ1v) is 11.8. The highest BCUT2D eigenvalue weighted by atomic mass is 16.2. The van der Waals surface area contributed by atoms with Gasteiger partial charge in [-0.2, -0.15) is 9.90 Å². The molecular weight excluding hydrogens is 438 g/mol. The molecule has 5 aromatic rings. The molecule has 2 heterocycles. The second-order valence-corrected chi connectivity index (χ2v) is 8.56. The minimum atomic E-state index is -0.114. The number of hydrogen-bond donors (Lipinski definition) is 1. The molecule has 0 saturated heterocycles. The number of H-pyrrole nitrogens is 1. The average molecular weight is 466 g/mol. The monoisotopic (exact) mass is 465 g/mol. The van der Waals surface area contributed by atoms with Crippen molar-refractivity contribution in [2.45, 2.75) is 39.7 Å². The molecule has 0 aliphatic carbocycles. The van der Waals surface area contributed by atoms with Crippen molar-refractivity contribution in [1.82, 2.24) is 35.0 Å². The van der Waals surface area contributed by atoms with E-state index in [1.165, 1.54) is 4.68 Å². The van der Waals surface area contributed by atoms with Crippen LogP contribution in [-0.4, -0.2) is 35.0 Å². The highest BCUT2D eigenvalue weighted by molar-refractivity contribution is 5.80. The van der Waals surface area contributed by atoms with E-state index < -0.39 is 0 Å². The van der Waals surface area contributed by atoms with E-state index in [0.717, 1.165) is 58.6 Å². The van der Waals surface area contributed by atoms with Crippen molar-refractivity contribution >= 4 is 0 Å². The summed E-state index contributed by atoms with van der Waals surface area (Å²) in [5, 5.41) is 19.2. The molecule has 0 amide bonds. The molecule has 3 aromatic carbocycles. The molecule has 8 nitrogen and oxygen atoms in total. The lowest BCUT2D eigenvalue weighted by atomic mass is 9.98. The topological polar surface area (TPSA) is 94.3 Å². The molecule has 0 radical (unpaired) electrons. The Kier molecular flexibility index (Phi) is 6.34. The highest BCUT2D eigenvalue weighted by Gasteiger charge is 2.16. The second-order valence-electron chi connectivity index (χ2n) is 8.56. The van der Waals surface area contributed by atoms with Crippen LogP contribution >= 0.6 is 0 Å². The van der Waals surface area contributed by atoms with Crippen molar-refractivity contribution in [1.29, 1.82) is 0 Å².